The van der Waals surface area contributed by atoms with Gasteiger partial charge in [-0.2, -0.15) is 13.2 Å². The lowest BCUT2D eigenvalue weighted by atomic mass is 10.2. The molecule has 0 heterocycles. The summed E-state index contributed by atoms with van der Waals surface area (Å²) < 4.78 is 55.4. The molecule has 2 aromatic rings. The maximum atomic E-state index is 12.5. The quantitative estimate of drug-likeness (QED) is 0.472. The molecule has 0 aliphatic heterocycles. The second-order valence-corrected chi connectivity index (χ2v) is 7.12. The van der Waals surface area contributed by atoms with Crippen molar-refractivity contribution in [2.45, 2.75) is 6.18 Å². The molecule has 23 heavy (non-hydrogen) atoms. The van der Waals surface area contributed by atoms with Crippen molar-refractivity contribution >= 4 is 18.4 Å². The van der Waals surface area contributed by atoms with E-state index in [1.54, 1.807) is 0 Å². The molecule has 0 aromatic heterocycles. The third-order valence-electron chi connectivity index (χ3n) is 2.99. The van der Waals surface area contributed by atoms with Crippen LogP contribution in [0.5, 0.6) is 5.75 Å². The van der Waals surface area contributed by atoms with Gasteiger partial charge in [0, 0.05) is 24.1 Å². The lowest BCUT2D eigenvalue weighted by Crippen LogP contribution is -2.11. The zero-order chi connectivity index (χ0) is 17.3. The van der Waals surface area contributed by atoms with Crippen molar-refractivity contribution in [1.82, 2.24) is 0 Å². The van der Waals surface area contributed by atoms with Crippen LogP contribution < -0.4 is 9.83 Å². The fourth-order valence-electron chi connectivity index (χ4n) is 1.80. The van der Waals surface area contributed by atoms with Crippen LogP contribution in [0, 0.1) is 10.1 Å². The number of nitro groups is 1. The molecule has 0 N–H and O–H groups in total. The molecule has 1 atom stereocenters. The molecule has 122 valence electrons. The fraction of sp³-hybridized carbons (Fsp3) is 0.143. The fourth-order valence-corrected chi connectivity index (χ4v) is 3.12. The topological polar surface area (TPSA) is 69.4 Å². The third kappa shape index (κ3) is 4.10. The highest BCUT2D eigenvalue weighted by atomic mass is 31.2. The van der Waals surface area contributed by atoms with Gasteiger partial charge in [-0.25, -0.2) is 0 Å². The minimum atomic E-state index is -4.48. The van der Waals surface area contributed by atoms with Crippen molar-refractivity contribution in [3.05, 3.63) is 64.2 Å². The second-order valence-electron chi connectivity index (χ2n) is 4.73. The van der Waals surface area contributed by atoms with Gasteiger partial charge in [0.1, 0.15) is 5.75 Å². The Balaban J connectivity index is 2.21. The molecule has 0 aliphatic carbocycles. The molecule has 0 radical (unpaired) electrons. The van der Waals surface area contributed by atoms with E-state index in [0.717, 1.165) is 24.3 Å². The highest BCUT2D eigenvalue weighted by molar-refractivity contribution is 7.66. The van der Waals surface area contributed by atoms with Gasteiger partial charge in [-0.15, -0.1) is 0 Å². The summed E-state index contributed by atoms with van der Waals surface area (Å²) in [7, 11) is -3.41. The van der Waals surface area contributed by atoms with E-state index < -0.39 is 24.0 Å². The largest absolute Gasteiger partial charge is 0.440 e. The highest BCUT2D eigenvalue weighted by Crippen LogP contribution is 2.42. The Hall–Kier alpha value is -2.34. The number of nitrogens with zero attached hydrogens (tertiary/aromatic N) is 1. The van der Waals surface area contributed by atoms with E-state index in [-0.39, 0.29) is 16.7 Å². The Kier molecular flexibility index (Phi) is 4.47. The highest BCUT2D eigenvalue weighted by Gasteiger charge is 2.31. The summed E-state index contributed by atoms with van der Waals surface area (Å²) in [6.07, 6.45) is -4.48. The van der Waals surface area contributed by atoms with Gasteiger partial charge in [0.05, 0.1) is 10.5 Å². The molecule has 0 saturated carbocycles. The van der Waals surface area contributed by atoms with Crippen LogP contribution in [0.2, 0.25) is 0 Å². The van der Waals surface area contributed by atoms with Crippen molar-refractivity contribution in [2.75, 3.05) is 6.66 Å². The number of benzene rings is 2. The summed E-state index contributed by atoms with van der Waals surface area (Å²) in [5.74, 6) is 0.126. The van der Waals surface area contributed by atoms with Crippen LogP contribution in [-0.2, 0) is 10.7 Å². The number of rotatable bonds is 4. The van der Waals surface area contributed by atoms with Gasteiger partial charge in [-0.3, -0.25) is 14.7 Å². The van der Waals surface area contributed by atoms with Crippen molar-refractivity contribution in [1.29, 1.82) is 0 Å². The molecule has 0 fully saturated rings. The van der Waals surface area contributed by atoms with E-state index in [0.29, 0.717) is 0 Å². The van der Waals surface area contributed by atoms with E-state index in [1.807, 2.05) is 0 Å². The van der Waals surface area contributed by atoms with Gasteiger partial charge in [-0.05, 0) is 36.4 Å². The number of hydrogen-bond donors (Lipinski definition) is 0. The molecule has 0 spiro atoms. The normalized spacial score (nSPS) is 14.1. The predicted octanol–water partition coefficient (Wildman–Crippen LogP) is 4.23. The van der Waals surface area contributed by atoms with Gasteiger partial charge >= 0.3 is 6.18 Å². The first kappa shape index (κ1) is 17.0. The van der Waals surface area contributed by atoms with Crippen LogP contribution in [0.1, 0.15) is 5.56 Å². The minimum absolute atomic E-state index is 0.115. The average molecular weight is 345 g/mol. The Bertz CT molecular complexity index is 757. The van der Waals surface area contributed by atoms with Crippen LogP contribution in [0.25, 0.3) is 0 Å². The average Bonchev–Trinajstić information content (AvgIpc) is 2.46. The Labute approximate surface area is 129 Å². The van der Waals surface area contributed by atoms with Crippen molar-refractivity contribution in [3.8, 4) is 5.75 Å². The summed E-state index contributed by atoms with van der Waals surface area (Å²) in [4.78, 5) is 9.96. The predicted molar refractivity (Wildman–Crippen MR) is 78.3 cm³/mol. The lowest BCUT2D eigenvalue weighted by molar-refractivity contribution is -0.384. The third-order valence-corrected chi connectivity index (χ3v) is 4.79. The van der Waals surface area contributed by atoms with Crippen molar-refractivity contribution in [3.63, 3.8) is 0 Å². The maximum absolute atomic E-state index is 12.5. The maximum Gasteiger partial charge on any atom is 0.416 e. The molecule has 0 aliphatic rings. The van der Waals surface area contributed by atoms with Crippen LogP contribution >= 0.6 is 7.37 Å². The SMILES string of the molecule is CP(=O)(Oc1ccc([N+](=O)[O-])cc1)c1ccc(C(F)(F)F)cc1. The molecular formula is C14H11F3NO4P. The zero-order valence-corrected chi connectivity index (χ0v) is 12.7. The van der Waals surface area contributed by atoms with Gasteiger partial charge in [0.15, 0.2) is 0 Å². The monoisotopic (exact) mass is 345 g/mol. The summed E-state index contributed by atoms with van der Waals surface area (Å²) >= 11 is 0. The second kappa shape index (κ2) is 6.04. The van der Waals surface area contributed by atoms with E-state index in [9.17, 15) is 27.9 Å². The number of nitro benzene ring substituents is 1. The first-order valence-corrected chi connectivity index (χ1v) is 8.36. The molecule has 2 rings (SSSR count). The van der Waals surface area contributed by atoms with Crippen LogP contribution in [0.3, 0.4) is 0 Å². The molecule has 1 unspecified atom stereocenters. The molecule has 5 nitrogen and oxygen atoms in total. The van der Waals surface area contributed by atoms with E-state index in [1.165, 1.54) is 30.9 Å². The van der Waals surface area contributed by atoms with Gasteiger partial charge in [-0.1, -0.05) is 0 Å². The molecule has 0 amide bonds. The molecule has 2 aromatic carbocycles. The lowest BCUT2D eigenvalue weighted by Gasteiger charge is -2.16. The van der Waals surface area contributed by atoms with Gasteiger partial charge in [0.25, 0.3) is 13.1 Å². The number of hydrogen-bond acceptors (Lipinski definition) is 4. The van der Waals surface area contributed by atoms with Gasteiger partial charge < -0.3 is 4.52 Å². The summed E-state index contributed by atoms with van der Waals surface area (Å²) in [6, 6.07) is 8.75. The smallest absolute Gasteiger partial charge is 0.416 e. The minimum Gasteiger partial charge on any atom is -0.440 e. The zero-order valence-electron chi connectivity index (χ0n) is 11.8. The standard InChI is InChI=1S/C14H11F3NO4P/c1-23(21,13-8-2-10(3-9-13)14(15,16)17)22-12-6-4-11(5-7-12)18(19)20/h2-9H,1H3. The first-order valence-electron chi connectivity index (χ1n) is 6.29. The Morgan fingerprint density at radius 2 is 1.57 bits per heavy atom. The molecular weight excluding hydrogens is 334 g/mol. The Morgan fingerprint density at radius 3 is 2.00 bits per heavy atom. The van der Waals surface area contributed by atoms with Crippen molar-refractivity contribution in [2.24, 2.45) is 0 Å². The number of non-ortho nitro benzene ring substituents is 1. The molecule has 0 saturated heterocycles. The number of halogens is 3. The summed E-state index contributed by atoms with van der Waals surface area (Å²) in [5, 5.41) is 10.7. The summed E-state index contributed by atoms with van der Waals surface area (Å²) in [5.41, 5.74) is -1.01. The van der Waals surface area contributed by atoms with Gasteiger partial charge in [0.2, 0.25) is 0 Å². The van der Waals surface area contributed by atoms with Crippen LogP contribution in [0.4, 0.5) is 18.9 Å². The van der Waals surface area contributed by atoms with E-state index >= 15 is 0 Å². The van der Waals surface area contributed by atoms with Crippen molar-refractivity contribution < 1.29 is 27.2 Å². The Morgan fingerprint density at radius 1 is 1.04 bits per heavy atom. The van der Waals surface area contributed by atoms with E-state index in [2.05, 4.69) is 0 Å². The molecule has 9 heteroatoms. The number of alkyl halides is 3. The first-order chi connectivity index (χ1) is 10.6. The van der Waals surface area contributed by atoms with E-state index in [4.69, 9.17) is 4.52 Å². The summed E-state index contributed by atoms with van der Waals surface area (Å²) in [6.45, 7) is 1.26. The molecule has 0 bridgehead atoms. The van der Waals surface area contributed by atoms with Crippen LogP contribution in [-0.4, -0.2) is 11.6 Å². The van der Waals surface area contributed by atoms with Crippen LogP contribution in [0.15, 0.2) is 48.5 Å².